The molecule has 1 saturated heterocycles. The Morgan fingerprint density at radius 3 is 2.73 bits per heavy atom. The average molecular weight is 214 g/mol. The summed E-state index contributed by atoms with van der Waals surface area (Å²) in [4.78, 5) is 17.1. The van der Waals surface area contributed by atoms with Crippen LogP contribution in [0.1, 0.15) is 33.6 Å². The van der Waals surface area contributed by atoms with Crippen molar-refractivity contribution in [3.8, 4) is 0 Å². The van der Waals surface area contributed by atoms with Crippen molar-refractivity contribution < 1.29 is 9.63 Å². The van der Waals surface area contributed by atoms with Crippen molar-refractivity contribution in [2.45, 2.75) is 39.7 Å². The molecule has 1 fully saturated rings. The van der Waals surface area contributed by atoms with Gasteiger partial charge in [0.2, 0.25) is 0 Å². The van der Waals surface area contributed by atoms with Crippen LogP contribution in [0.25, 0.3) is 0 Å². The molecule has 0 aromatic rings. The number of hydrogen-bond acceptors (Lipinski definition) is 4. The molecule has 88 valence electrons. The Balaban J connectivity index is 2.41. The molecule has 0 amide bonds. The van der Waals surface area contributed by atoms with E-state index < -0.39 is 0 Å². The van der Waals surface area contributed by atoms with Crippen molar-refractivity contribution in [1.82, 2.24) is 10.4 Å². The molecule has 1 rings (SSSR count). The molecular formula is C11H22N2O2. The lowest BCUT2D eigenvalue weighted by Crippen LogP contribution is -2.50. The number of rotatable bonds is 4. The van der Waals surface area contributed by atoms with Gasteiger partial charge in [-0.1, -0.05) is 13.8 Å². The fourth-order valence-corrected chi connectivity index (χ4v) is 1.77. The van der Waals surface area contributed by atoms with E-state index in [1.54, 1.807) is 5.06 Å². The number of nitrogens with zero attached hydrogens (tertiary/aromatic N) is 1. The number of nitrogens with one attached hydrogen (secondary N) is 1. The highest BCUT2D eigenvalue weighted by Crippen LogP contribution is 2.12. The Morgan fingerprint density at radius 2 is 2.20 bits per heavy atom. The zero-order valence-electron chi connectivity index (χ0n) is 9.95. The smallest absolute Gasteiger partial charge is 0.328 e. The minimum absolute atomic E-state index is 0.0482. The fourth-order valence-electron chi connectivity index (χ4n) is 1.77. The molecule has 0 bridgehead atoms. The molecule has 0 saturated carbocycles. The quantitative estimate of drug-likeness (QED) is 0.763. The van der Waals surface area contributed by atoms with Crippen LogP contribution < -0.4 is 5.32 Å². The second kappa shape index (κ2) is 6.08. The summed E-state index contributed by atoms with van der Waals surface area (Å²) in [5.74, 6) is -0.0270. The van der Waals surface area contributed by atoms with Gasteiger partial charge in [-0.3, -0.25) is 4.79 Å². The standard InChI is InChI=1S/C11H22N2O2/c1-4-10(5-2)11(14)15-13-7-6-12-8-9(13)3/h9-10,12H,4-8H2,1-3H3. The van der Waals surface area contributed by atoms with E-state index in [0.717, 1.165) is 32.5 Å². The first-order valence-electron chi connectivity index (χ1n) is 5.88. The van der Waals surface area contributed by atoms with Crippen LogP contribution in [0.4, 0.5) is 0 Å². The van der Waals surface area contributed by atoms with E-state index in [2.05, 4.69) is 12.2 Å². The van der Waals surface area contributed by atoms with Crippen LogP contribution in [-0.4, -0.2) is 36.7 Å². The topological polar surface area (TPSA) is 41.6 Å². The Bertz CT molecular complexity index is 205. The second-order valence-electron chi connectivity index (χ2n) is 4.12. The van der Waals surface area contributed by atoms with Crippen LogP contribution in [0.3, 0.4) is 0 Å². The van der Waals surface area contributed by atoms with Crippen LogP contribution in [0.2, 0.25) is 0 Å². The molecule has 15 heavy (non-hydrogen) atoms. The SMILES string of the molecule is CCC(CC)C(=O)ON1CCNCC1C. The molecule has 1 aliphatic heterocycles. The third kappa shape index (κ3) is 3.47. The molecule has 4 heteroatoms. The molecule has 1 heterocycles. The highest BCUT2D eigenvalue weighted by molar-refractivity contribution is 5.71. The van der Waals surface area contributed by atoms with Gasteiger partial charge >= 0.3 is 5.97 Å². The van der Waals surface area contributed by atoms with Gasteiger partial charge in [0.15, 0.2) is 0 Å². The normalized spacial score (nSPS) is 23.1. The molecule has 0 aromatic carbocycles. The summed E-state index contributed by atoms with van der Waals surface area (Å²) in [6.07, 6.45) is 1.71. The van der Waals surface area contributed by atoms with E-state index in [0.29, 0.717) is 0 Å². The maximum absolute atomic E-state index is 11.7. The molecule has 0 aliphatic carbocycles. The lowest BCUT2D eigenvalue weighted by molar-refractivity contribution is -0.208. The lowest BCUT2D eigenvalue weighted by atomic mass is 10.0. The summed E-state index contributed by atoms with van der Waals surface area (Å²) in [5.41, 5.74) is 0. The van der Waals surface area contributed by atoms with E-state index in [-0.39, 0.29) is 17.9 Å². The number of carbonyl (C=O) groups excluding carboxylic acids is 1. The molecule has 1 unspecified atom stereocenters. The van der Waals surface area contributed by atoms with Gasteiger partial charge in [-0.2, -0.15) is 0 Å². The van der Waals surface area contributed by atoms with Crippen LogP contribution in [0.5, 0.6) is 0 Å². The van der Waals surface area contributed by atoms with Crippen molar-refractivity contribution in [2.75, 3.05) is 19.6 Å². The van der Waals surface area contributed by atoms with Crippen molar-refractivity contribution in [2.24, 2.45) is 5.92 Å². The largest absolute Gasteiger partial charge is 0.367 e. The van der Waals surface area contributed by atoms with Crippen LogP contribution in [-0.2, 0) is 9.63 Å². The van der Waals surface area contributed by atoms with E-state index in [1.165, 1.54) is 0 Å². The van der Waals surface area contributed by atoms with Gasteiger partial charge in [0.25, 0.3) is 0 Å². The zero-order valence-corrected chi connectivity index (χ0v) is 9.95. The van der Waals surface area contributed by atoms with Crippen LogP contribution in [0, 0.1) is 5.92 Å². The Labute approximate surface area is 91.9 Å². The van der Waals surface area contributed by atoms with Crippen molar-refractivity contribution >= 4 is 5.97 Å². The van der Waals surface area contributed by atoms with Gasteiger partial charge in [0.05, 0.1) is 12.0 Å². The zero-order chi connectivity index (χ0) is 11.3. The third-order valence-corrected chi connectivity index (χ3v) is 2.97. The first-order chi connectivity index (χ1) is 7.19. The number of hydroxylamine groups is 2. The summed E-state index contributed by atoms with van der Waals surface area (Å²) >= 11 is 0. The summed E-state index contributed by atoms with van der Waals surface area (Å²) in [7, 11) is 0. The van der Waals surface area contributed by atoms with Crippen LogP contribution in [0.15, 0.2) is 0 Å². The number of piperazine rings is 1. The highest BCUT2D eigenvalue weighted by atomic mass is 16.7. The number of carbonyl (C=O) groups is 1. The van der Waals surface area contributed by atoms with Gasteiger partial charge in [-0.05, 0) is 19.8 Å². The van der Waals surface area contributed by atoms with Crippen LogP contribution >= 0.6 is 0 Å². The monoisotopic (exact) mass is 214 g/mol. The van der Waals surface area contributed by atoms with E-state index >= 15 is 0 Å². The lowest BCUT2D eigenvalue weighted by Gasteiger charge is -2.32. The Hall–Kier alpha value is -0.610. The molecule has 1 atom stereocenters. The van der Waals surface area contributed by atoms with Crippen molar-refractivity contribution in [3.05, 3.63) is 0 Å². The van der Waals surface area contributed by atoms with Crippen molar-refractivity contribution in [1.29, 1.82) is 0 Å². The fraction of sp³-hybridized carbons (Fsp3) is 0.909. The third-order valence-electron chi connectivity index (χ3n) is 2.97. The molecule has 0 radical (unpaired) electrons. The predicted octanol–water partition coefficient (Wildman–Crippen LogP) is 1.17. The molecule has 4 nitrogen and oxygen atoms in total. The maximum atomic E-state index is 11.7. The molecule has 0 aromatic heterocycles. The predicted molar refractivity (Wildman–Crippen MR) is 59.2 cm³/mol. The molecule has 0 spiro atoms. The summed E-state index contributed by atoms with van der Waals surface area (Å²) in [5, 5.41) is 5.06. The van der Waals surface area contributed by atoms with Crippen molar-refractivity contribution in [3.63, 3.8) is 0 Å². The number of hydrogen-bond donors (Lipinski definition) is 1. The van der Waals surface area contributed by atoms with E-state index in [9.17, 15) is 4.79 Å². The van der Waals surface area contributed by atoms with Gasteiger partial charge in [-0.25, -0.2) is 0 Å². The highest BCUT2D eigenvalue weighted by Gasteiger charge is 2.24. The molecular weight excluding hydrogens is 192 g/mol. The molecule has 1 aliphatic rings. The minimum Gasteiger partial charge on any atom is -0.367 e. The van der Waals surface area contributed by atoms with Gasteiger partial charge in [0.1, 0.15) is 0 Å². The first-order valence-corrected chi connectivity index (χ1v) is 5.88. The Morgan fingerprint density at radius 1 is 1.53 bits per heavy atom. The van der Waals surface area contributed by atoms with E-state index in [1.807, 2.05) is 13.8 Å². The minimum atomic E-state index is -0.0752. The molecule has 1 N–H and O–H groups in total. The summed E-state index contributed by atoms with van der Waals surface area (Å²) < 4.78 is 0. The first kappa shape index (κ1) is 12.5. The maximum Gasteiger partial charge on any atom is 0.328 e. The van der Waals surface area contributed by atoms with Gasteiger partial charge in [-0.15, -0.1) is 5.06 Å². The summed E-state index contributed by atoms with van der Waals surface area (Å²) in [6.45, 7) is 8.67. The van der Waals surface area contributed by atoms with Gasteiger partial charge in [0, 0.05) is 19.6 Å². The second-order valence-corrected chi connectivity index (χ2v) is 4.12. The average Bonchev–Trinajstić information content (AvgIpc) is 2.23. The van der Waals surface area contributed by atoms with E-state index in [4.69, 9.17) is 4.84 Å². The summed E-state index contributed by atoms with van der Waals surface area (Å²) in [6, 6.07) is 0.275. The van der Waals surface area contributed by atoms with Gasteiger partial charge < -0.3 is 10.2 Å². The Kier molecular flexibility index (Phi) is 5.05.